The van der Waals surface area contributed by atoms with E-state index in [1.54, 1.807) is 24.5 Å². The fraction of sp³-hybridized carbons (Fsp3) is 0.0909. The van der Waals surface area contributed by atoms with Gasteiger partial charge in [-0.1, -0.05) is 0 Å². The van der Waals surface area contributed by atoms with E-state index in [1.165, 1.54) is 11.2 Å². The van der Waals surface area contributed by atoms with E-state index in [-0.39, 0.29) is 29.7 Å². The molecular weight excluding hydrogens is 220 g/mol. The first-order chi connectivity index (χ1) is 8.27. The fourth-order valence-electron chi connectivity index (χ4n) is 1.79. The lowest BCUT2D eigenvalue weighted by molar-refractivity contribution is 0.0637. The van der Waals surface area contributed by atoms with Gasteiger partial charge in [0.2, 0.25) is 0 Å². The summed E-state index contributed by atoms with van der Waals surface area (Å²) in [5.74, 6) is -0.692. The summed E-state index contributed by atoms with van der Waals surface area (Å²) in [6, 6.07) is 3.53. The van der Waals surface area contributed by atoms with Crippen LogP contribution in [0.4, 0.5) is 0 Å². The molecule has 3 heterocycles. The zero-order valence-electron chi connectivity index (χ0n) is 8.75. The number of carbonyl (C=O) groups excluding carboxylic acids is 2. The summed E-state index contributed by atoms with van der Waals surface area (Å²) >= 11 is 0. The molecule has 0 fully saturated rings. The van der Waals surface area contributed by atoms with Crippen LogP contribution in [0, 0.1) is 0 Å². The molecule has 1 aliphatic rings. The molecule has 17 heavy (non-hydrogen) atoms. The van der Waals surface area contributed by atoms with Crippen LogP contribution in [0.5, 0.6) is 0 Å². The van der Waals surface area contributed by atoms with Gasteiger partial charge in [-0.2, -0.15) is 0 Å². The molecule has 0 aromatic carbocycles. The standard InChI is InChI=1S/C11H8N4O2/c16-10-8-9(14-6-13-8)11(17)15(10)5-7-1-3-12-4-2-7/h1-4,6H,5H2,(H,13,14). The number of hydrogen-bond acceptors (Lipinski definition) is 4. The maximum atomic E-state index is 11.9. The van der Waals surface area contributed by atoms with Gasteiger partial charge in [-0.25, -0.2) is 4.98 Å². The van der Waals surface area contributed by atoms with E-state index in [1.807, 2.05) is 0 Å². The Morgan fingerprint density at radius 1 is 1.18 bits per heavy atom. The first kappa shape index (κ1) is 9.71. The topological polar surface area (TPSA) is 79.0 Å². The molecule has 1 aliphatic heterocycles. The molecule has 0 aliphatic carbocycles. The second kappa shape index (κ2) is 3.51. The molecule has 0 spiro atoms. The van der Waals surface area contributed by atoms with Crippen LogP contribution in [0.2, 0.25) is 0 Å². The van der Waals surface area contributed by atoms with Gasteiger partial charge in [0.15, 0.2) is 5.69 Å². The quantitative estimate of drug-likeness (QED) is 0.763. The van der Waals surface area contributed by atoms with Crippen LogP contribution in [-0.4, -0.2) is 31.7 Å². The van der Waals surface area contributed by atoms with Crippen LogP contribution in [0.25, 0.3) is 0 Å². The highest BCUT2D eigenvalue weighted by Gasteiger charge is 2.37. The van der Waals surface area contributed by atoms with E-state index in [0.717, 1.165) is 5.56 Å². The Morgan fingerprint density at radius 2 is 1.94 bits per heavy atom. The zero-order valence-corrected chi connectivity index (χ0v) is 8.75. The van der Waals surface area contributed by atoms with E-state index >= 15 is 0 Å². The highest BCUT2D eigenvalue weighted by Crippen LogP contribution is 2.20. The SMILES string of the molecule is O=C1c2nc[nH]c2C(=O)N1Cc1ccncc1. The highest BCUT2D eigenvalue weighted by atomic mass is 16.2. The second-order valence-corrected chi connectivity index (χ2v) is 3.68. The summed E-state index contributed by atoms with van der Waals surface area (Å²) in [5.41, 5.74) is 1.32. The van der Waals surface area contributed by atoms with Crippen molar-refractivity contribution in [1.82, 2.24) is 19.9 Å². The molecule has 1 N–H and O–H groups in total. The van der Waals surface area contributed by atoms with Crippen LogP contribution >= 0.6 is 0 Å². The van der Waals surface area contributed by atoms with Gasteiger partial charge in [-0.15, -0.1) is 0 Å². The molecule has 0 saturated heterocycles. The second-order valence-electron chi connectivity index (χ2n) is 3.68. The number of fused-ring (bicyclic) bond motifs is 1. The molecule has 0 saturated carbocycles. The average molecular weight is 228 g/mol. The molecule has 6 nitrogen and oxygen atoms in total. The third kappa shape index (κ3) is 1.42. The molecule has 2 aromatic heterocycles. The third-order valence-corrected chi connectivity index (χ3v) is 2.64. The van der Waals surface area contributed by atoms with Gasteiger partial charge in [0.05, 0.1) is 12.9 Å². The van der Waals surface area contributed by atoms with Crippen molar-refractivity contribution in [2.24, 2.45) is 0 Å². The monoisotopic (exact) mass is 228 g/mol. The molecule has 0 atom stereocenters. The minimum absolute atomic E-state index is 0.198. The predicted molar refractivity (Wildman–Crippen MR) is 57.0 cm³/mol. The van der Waals surface area contributed by atoms with Gasteiger partial charge in [0.25, 0.3) is 11.8 Å². The maximum Gasteiger partial charge on any atom is 0.282 e. The number of amides is 2. The first-order valence-corrected chi connectivity index (χ1v) is 5.06. The number of imidazole rings is 1. The predicted octanol–water partition coefficient (Wildman–Crippen LogP) is 0.601. The van der Waals surface area contributed by atoms with Crippen LogP contribution in [0.1, 0.15) is 26.5 Å². The number of aromatic amines is 1. The molecule has 0 bridgehead atoms. The van der Waals surface area contributed by atoms with Gasteiger partial charge in [0.1, 0.15) is 5.69 Å². The van der Waals surface area contributed by atoms with Crippen LogP contribution < -0.4 is 0 Å². The Bertz CT molecular complexity index is 560. The Balaban J connectivity index is 1.90. The van der Waals surface area contributed by atoms with E-state index < -0.39 is 0 Å². The Hall–Kier alpha value is -2.50. The van der Waals surface area contributed by atoms with Crippen molar-refractivity contribution < 1.29 is 9.59 Å². The van der Waals surface area contributed by atoms with E-state index in [9.17, 15) is 9.59 Å². The molecule has 0 radical (unpaired) electrons. The Kier molecular flexibility index (Phi) is 2.01. The average Bonchev–Trinajstić information content (AvgIpc) is 2.91. The molecule has 2 amide bonds. The lowest BCUT2D eigenvalue weighted by Crippen LogP contribution is -2.29. The number of nitrogens with zero attached hydrogens (tertiary/aromatic N) is 3. The van der Waals surface area contributed by atoms with Crippen molar-refractivity contribution in [3.63, 3.8) is 0 Å². The number of imide groups is 1. The summed E-state index contributed by atoms with van der Waals surface area (Å²) in [4.78, 5) is 35.3. The third-order valence-electron chi connectivity index (χ3n) is 2.64. The number of carbonyl (C=O) groups is 2. The number of aromatic nitrogens is 3. The minimum Gasteiger partial charge on any atom is -0.340 e. The molecule has 2 aromatic rings. The van der Waals surface area contributed by atoms with Crippen LogP contribution in [-0.2, 0) is 6.54 Å². The van der Waals surface area contributed by atoms with Crippen molar-refractivity contribution in [2.45, 2.75) is 6.54 Å². The van der Waals surface area contributed by atoms with Crippen LogP contribution in [0.3, 0.4) is 0 Å². The first-order valence-electron chi connectivity index (χ1n) is 5.06. The van der Waals surface area contributed by atoms with E-state index in [4.69, 9.17) is 0 Å². The van der Waals surface area contributed by atoms with Crippen molar-refractivity contribution in [2.75, 3.05) is 0 Å². The van der Waals surface area contributed by atoms with Gasteiger partial charge in [-0.05, 0) is 17.7 Å². The van der Waals surface area contributed by atoms with Crippen molar-refractivity contribution in [3.8, 4) is 0 Å². The van der Waals surface area contributed by atoms with Crippen molar-refractivity contribution in [3.05, 3.63) is 47.8 Å². The normalized spacial score (nSPS) is 14.2. The number of H-pyrrole nitrogens is 1. The molecule has 84 valence electrons. The minimum atomic E-state index is -0.358. The van der Waals surface area contributed by atoms with Gasteiger partial charge < -0.3 is 4.98 Å². The number of nitrogens with one attached hydrogen (secondary N) is 1. The number of pyridine rings is 1. The lowest BCUT2D eigenvalue weighted by Gasteiger charge is -2.13. The summed E-state index contributed by atoms with van der Waals surface area (Å²) in [6.07, 6.45) is 4.60. The zero-order chi connectivity index (χ0) is 11.8. The smallest absolute Gasteiger partial charge is 0.282 e. The largest absolute Gasteiger partial charge is 0.340 e. The fourth-order valence-corrected chi connectivity index (χ4v) is 1.79. The summed E-state index contributed by atoms with van der Waals surface area (Å²) in [6.45, 7) is 0.240. The van der Waals surface area contributed by atoms with E-state index in [2.05, 4.69) is 15.0 Å². The number of rotatable bonds is 2. The van der Waals surface area contributed by atoms with Crippen molar-refractivity contribution in [1.29, 1.82) is 0 Å². The molecule has 6 heteroatoms. The number of hydrogen-bond donors (Lipinski definition) is 1. The van der Waals surface area contributed by atoms with Gasteiger partial charge in [0, 0.05) is 12.4 Å². The maximum absolute atomic E-state index is 11.9. The van der Waals surface area contributed by atoms with Gasteiger partial charge in [-0.3, -0.25) is 19.5 Å². The van der Waals surface area contributed by atoms with E-state index in [0.29, 0.717) is 0 Å². The highest BCUT2D eigenvalue weighted by molar-refractivity contribution is 6.19. The van der Waals surface area contributed by atoms with Crippen LogP contribution in [0.15, 0.2) is 30.9 Å². The molecule has 3 rings (SSSR count). The Morgan fingerprint density at radius 3 is 2.65 bits per heavy atom. The molecule has 0 unspecified atom stereocenters. The summed E-state index contributed by atoms with van der Waals surface area (Å²) < 4.78 is 0. The molecular formula is C11H8N4O2. The lowest BCUT2D eigenvalue weighted by atomic mass is 10.2. The van der Waals surface area contributed by atoms with Crippen molar-refractivity contribution >= 4 is 11.8 Å². The summed E-state index contributed by atoms with van der Waals surface area (Å²) in [5, 5.41) is 0. The van der Waals surface area contributed by atoms with Gasteiger partial charge >= 0.3 is 0 Å². The Labute approximate surface area is 96.3 Å². The summed E-state index contributed by atoms with van der Waals surface area (Å²) in [7, 11) is 0.